The van der Waals surface area contributed by atoms with Gasteiger partial charge in [0, 0.05) is 26.1 Å². The average molecular weight is 383 g/mol. The van der Waals surface area contributed by atoms with Gasteiger partial charge in [0.05, 0.1) is 6.04 Å². The highest BCUT2D eigenvalue weighted by Gasteiger charge is 2.34. The minimum absolute atomic E-state index is 0.0103. The molecule has 1 unspecified atom stereocenters. The standard InChI is InChI=1S/C20H25N5O3/c26-20(21-12-14-7-8-16-17(11-14)28-13-27-16)24-10-4-5-15(24)19-23-22-18-6-2-1-3-9-25(18)19/h7-8,11,15H,1-6,9-10,12-13H2,(H,21,26). The van der Waals surface area contributed by atoms with Crippen molar-refractivity contribution in [1.82, 2.24) is 25.0 Å². The molecule has 5 rings (SSSR count). The van der Waals surface area contributed by atoms with Crippen LogP contribution in [0.3, 0.4) is 0 Å². The monoisotopic (exact) mass is 383 g/mol. The molecule has 0 radical (unpaired) electrons. The Kier molecular flexibility index (Phi) is 4.54. The number of urea groups is 1. The van der Waals surface area contributed by atoms with Gasteiger partial charge in [0.15, 0.2) is 17.3 Å². The Bertz CT molecular complexity index is 881. The molecule has 1 aromatic carbocycles. The highest BCUT2D eigenvalue weighted by Crippen LogP contribution is 2.34. The van der Waals surface area contributed by atoms with Crippen molar-refractivity contribution in [3.63, 3.8) is 0 Å². The lowest BCUT2D eigenvalue weighted by Crippen LogP contribution is -2.39. The van der Waals surface area contributed by atoms with Crippen LogP contribution >= 0.6 is 0 Å². The Morgan fingerprint density at radius 3 is 3.00 bits per heavy atom. The molecular formula is C20H25N5O3. The number of nitrogens with zero attached hydrogens (tertiary/aromatic N) is 4. The van der Waals surface area contributed by atoms with Gasteiger partial charge >= 0.3 is 6.03 Å². The second-order valence-electron chi connectivity index (χ2n) is 7.63. The van der Waals surface area contributed by atoms with E-state index in [1.54, 1.807) is 0 Å². The van der Waals surface area contributed by atoms with Gasteiger partial charge in [-0.2, -0.15) is 0 Å². The van der Waals surface area contributed by atoms with E-state index in [1.165, 1.54) is 12.8 Å². The van der Waals surface area contributed by atoms with Crippen molar-refractivity contribution < 1.29 is 14.3 Å². The molecule has 1 fully saturated rings. The third kappa shape index (κ3) is 3.16. The van der Waals surface area contributed by atoms with Crippen molar-refractivity contribution in [3.05, 3.63) is 35.4 Å². The Labute approximate surface area is 163 Å². The molecule has 2 amide bonds. The number of aromatic nitrogens is 3. The maximum absolute atomic E-state index is 12.9. The van der Waals surface area contributed by atoms with Crippen LogP contribution in [0.1, 0.15) is 55.4 Å². The van der Waals surface area contributed by atoms with Crippen LogP contribution in [-0.2, 0) is 19.5 Å². The minimum atomic E-state index is -0.0499. The summed E-state index contributed by atoms with van der Waals surface area (Å²) >= 11 is 0. The predicted octanol–water partition coefficient (Wildman–Crippen LogP) is 2.78. The SMILES string of the molecule is O=C(NCc1ccc2c(c1)OCO2)N1CCCC1c1nnc2n1CCCCC2. The van der Waals surface area contributed by atoms with E-state index >= 15 is 0 Å². The highest BCUT2D eigenvalue weighted by molar-refractivity contribution is 5.75. The van der Waals surface area contributed by atoms with Crippen molar-refractivity contribution in [2.24, 2.45) is 0 Å². The summed E-state index contributed by atoms with van der Waals surface area (Å²) in [5.74, 6) is 3.51. The van der Waals surface area contributed by atoms with Crippen LogP contribution in [-0.4, -0.2) is 39.0 Å². The Morgan fingerprint density at radius 1 is 1.11 bits per heavy atom. The molecule has 8 heteroatoms. The van der Waals surface area contributed by atoms with Crippen molar-refractivity contribution in [2.45, 2.75) is 57.7 Å². The summed E-state index contributed by atoms with van der Waals surface area (Å²) < 4.78 is 13.0. The molecule has 2 aromatic rings. The van der Waals surface area contributed by atoms with Crippen LogP contribution in [0.25, 0.3) is 0 Å². The second kappa shape index (κ2) is 7.33. The second-order valence-corrected chi connectivity index (χ2v) is 7.63. The van der Waals surface area contributed by atoms with Gasteiger partial charge in [-0.15, -0.1) is 10.2 Å². The molecule has 0 bridgehead atoms. The quantitative estimate of drug-likeness (QED) is 0.881. The molecule has 3 aliphatic rings. The van der Waals surface area contributed by atoms with Gasteiger partial charge in [-0.1, -0.05) is 12.5 Å². The summed E-state index contributed by atoms with van der Waals surface area (Å²) in [6, 6.07) is 5.71. The van der Waals surface area contributed by atoms with Crippen molar-refractivity contribution in [2.75, 3.05) is 13.3 Å². The summed E-state index contributed by atoms with van der Waals surface area (Å²) in [6.45, 7) is 2.42. The van der Waals surface area contributed by atoms with Crippen LogP contribution in [0.2, 0.25) is 0 Å². The van der Waals surface area contributed by atoms with E-state index in [4.69, 9.17) is 9.47 Å². The van der Waals surface area contributed by atoms with Crippen LogP contribution in [0, 0.1) is 0 Å². The number of rotatable bonds is 3. The van der Waals surface area contributed by atoms with Gasteiger partial charge < -0.3 is 24.3 Å². The number of hydrogen-bond acceptors (Lipinski definition) is 5. The van der Waals surface area contributed by atoms with Gasteiger partial charge in [-0.25, -0.2) is 4.79 Å². The van der Waals surface area contributed by atoms with E-state index in [9.17, 15) is 4.79 Å². The fraction of sp³-hybridized carbons (Fsp3) is 0.550. The number of benzene rings is 1. The van der Waals surface area contributed by atoms with Gasteiger partial charge in [-0.05, 0) is 43.4 Å². The first-order valence-electron chi connectivity index (χ1n) is 10.1. The van der Waals surface area contributed by atoms with Gasteiger partial charge in [-0.3, -0.25) is 0 Å². The summed E-state index contributed by atoms with van der Waals surface area (Å²) in [4.78, 5) is 14.8. The predicted molar refractivity (Wildman–Crippen MR) is 101 cm³/mol. The Morgan fingerprint density at radius 2 is 2.04 bits per heavy atom. The Balaban J connectivity index is 1.28. The first-order chi connectivity index (χ1) is 13.8. The van der Waals surface area contributed by atoms with Gasteiger partial charge in [0.25, 0.3) is 0 Å². The average Bonchev–Trinajstić information content (AvgIpc) is 3.42. The zero-order chi connectivity index (χ0) is 18.9. The Hall–Kier alpha value is -2.77. The van der Waals surface area contributed by atoms with E-state index in [1.807, 2.05) is 23.1 Å². The van der Waals surface area contributed by atoms with E-state index < -0.39 is 0 Å². The lowest BCUT2D eigenvalue weighted by atomic mass is 10.2. The molecule has 1 aromatic heterocycles. The van der Waals surface area contributed by atoms with Crippen LogP contribution in [0.5, 0.6) is 11.5 Å². The third-order valence-electron chi connectivity index (χ3n) is 5.83. The van der Waals surface area contributed by atoms with E-state index in [2.05, 4.69) is 20.1 Å². The molecule has 1 saturated heterocycles. The lowest BCUT2D eigenvalue weighted by Gasteiger charge is -2.25. The number of amides is 2. The molecule has 28 heavy (non-hydrogen) atoms. The first-order valence-corrected chi connectivity index (χ1v) is 10.1. The molecule has 0 saturated carbocycles. The number of likely N-dealkylation sites (tertiary alicyclic amines) is 1. The fourth-order valence-electron chi connectivity index (χ4n) is 4.36. The fourth-order valence-corrected chi connectivity index (χ4v) is 4.36. The van der Waals surface area contributed by atoms with E-state index in [0.29, 0.717) is 6.54 Å². The number of aryl methyl sites for hydroxylation is 1. The molecule has 4 heterocycles. The summed E-state index contributed by atoms with van der Waals surface area (Å²) in [5, 5.41) is 11.9. The molecule has 1 N–H and O–H groups in total. The summed E-state index contributed by atoms with van der Waals surface area (Å²) in [5.41, 5.74) is 0.990. The van der Waals surface area contributed by atoms with Crippen molar-refractivity contribution in [1.29, 1.82) is 0 Å². The summed E-state index contributed by atoms with van der Waals surface area (Å²) in [6.07, 6.45) is 6.46. The lowest BCUT2D eigenvalue weighted by molar-refractivity contribution is 0.174. The largest absolute Gasteiger partial charge is 0.454 e. The van der Waals surface area contributed by atoms with Crippen LogP contribution in [0.4, 0.5) is 4.79 Å². The molecule has 1 atom stereocenters. The molecule has 148 valence electrons. The number of carbonyl (C=O) groups is 1. The van der Waals surface area contributed by atoms with Gasteiger partial charge in [0.2, 0.25) is 6.79 Å². The molecular weight excluding hydrogens is 358 g/mol. The minimum Gasteiger partial charge on any atom is -0.454 e. The first kappa shape index (κ1) is 17.3. The number of carbonyl (C=O) groups excluding carboxylic acids is 1. The third-order valence-corrected chi connectivity index (χ3v) is 5.83. The molecule has 3 aliphatic heterocycles. The smallest absolute Gasteiger partial charge is 0.318 e. The van der Waals surface area contributed by atoms with Crippen LogP contribution < -0.4 is 14.8 Å². The van der Waals surface area contributed by atoms with Gasteiger partial charge in [0.1, 0.15) is 5.82 Å². The van der Waals surface area contributed by atoms with Crippen LogP contribution in [0.15, 0.2) is 18.2 Å². The van der Waals surface area contributed by atoms with E-state index in [0.717, 1.165) is 67.5 Å². The zero-order valence-corrected chi connectivity index (χ0v) is 15.9. The highest BCUT2D eigenvalue weighted by atomic mass is 16.7. The number of nitrogens with one attached hydrogen (secondary N) is 1. The molecule has 8 nitrogen and oxygen atoms in total. The normalized spacial score (nSPS) is 20.7. The molecule has 0 aliphatic carbocycles. The topological polar surface area (TPSA) is 81.5 Å². The summed E-state index contributed by atoms with van der Waals surface area (Å²) in [7, 11) is 0. The molecule has 0 spiro atoms. The zero-order valence-electron chi connectivity index (χ0n) is 15.9. The number of fused-ring (bicyclic) bond motifs is 2. The van der Waals surface area contributed by atoms with E-state index in [-0.39, 0.29) is 18.9 Å². The maximum Gasteiger partial charge on any atom is 0.318 e. The number of ether oxygens (including phenoxy) is 2. The maximum atomic E-state index is 12.9. The number of hydrogen-bond donors (Lipinski definition) is 1. The van der Waals surface area contributed by atoms with Crippen molar-refractivity contribution in [3.8, 4) is 11.5 Å². The van der Waals surface area contributed by atoms with Crippen molar-refractivity contribution >= 4 is 6.03 Å².